The molecule has 0 aliphatic heterocycles. The second-order valence-electron chi connectivity index (χ2n) is 1.46. The molecule has 1 heterocycles. The summed E-state index contributed by atoms with van der Waals surface area (Å²) in [6, 6.07) is 0. The Morgan fingerprint density at radius 2 is 2.88 bits per heavy atom. The molecule has 0 aliphatic rings. The fraction of sp³-hybridized carbons (Fsp3) is 0.400. The topological polar surface area (TPSA) is 54.7 Å². The Hall–Kier alpha value is -0.830. The Balaban J connectivity index is 2.81. The Morgan fingerprint density at radius 1 is 2.00 bits per heavy atom. The average molecular weight is 115 g/mol. The smallest absolute Gasteiger partial charge is 0.104 e. The number of rotatable bonds is 2. The number of H-pyrrole nitrogens is 1. The van der Waals surface area contributed by atoms with Crippen LogP contribution in [0.1, 0.15) is 8.44 Å². The van der Waals surface area contributed by atoms with Gasteiger partial charge in [-0.25, -0.2) is 4.98 Å². The van der Waals surface area contributed by atoms with Gasteiger partial charge in [-0.3, -0.25) is 0 Å². The van der Waals surface area contributed by atoms with Gasteiger partial charge in [0.2, 0.25) is 0 Å². The summed E-state index contributed by atoms with van der Waals surface area (Å²) < 4.78 is 14.2. The van der Waals surface area contributed by atoms with E-state index in [1.165, 1.54) is 0 Å². The van der Waals surface area contributed by atoms with Gasteiger partial charge >= 0.3 is 0 Å². The van der Waals surface area contributed by atoms with E-state index in [2.05, 4.69) is 9.97 Å². The summed E-state index contributed by atoms with van der Waals surface area (Å²) in [4.78, 5) is 6.20. The zero-order valence-electron chi connectivity index (χ0n) is 6.44. The van der Waals surface area contributed by atoms with E-state index in [1.807, 2.05) is 0 Å². The highest BCUT2D eigenvalue weighted by molar-refractivity contribution is 4.93. The summed E-state index contributed by atoms with van der Waals surface area (Å²) in [5, 5.41) is 0. The first-order valence-corrected chi connectivity index (χ1v) is 2.46. The number of hydrogen-bond donors (Lipinski definition) is 2. The van der Waals surface area contributed by atoms with E-state index in [0.717, 1.165) is 0 Å². The minimum Gasteiger partial charge on any atom is -0.351 e. The molecule has 0 unspecified atom stereocenters. The number of aromatic amines is 1. The summed E-state index contributed by atoms with van der Waals surface area (Å²) in [5.41, 5.74) is 5.82. The summed E-state index contributed by atoms with van der Waals surface area (Å²) in [6.45, 7) is 0.468. The van der Waals surface area contributed by atoms with Crippen LogP contribution >= 0.6 is 0 Å². The van der Waals surface area contributed by atoms with Crippen molar-refractivity contribution in [2.75, 3.05) is 6.54 Å². The third kappa shape index (κ3) is 1.07. The van der Waals surface area contributed by atoms with Crippen LogP contribution < -0.4 is 5.73 Å². The van der Waals surface area contributed by atoms with E-state index in [1.54, 1.807) is 0 Å². The first-order chi connectivity index (χ1) is 4.74. The molecule has 0 bridgehead atoms. The first-order valence-electron chi connectivity index (χ1n) is 3.46. The van der Waals surface area contributed by atoms with E-state index in [9.17, 15) is 0 Å². The van der Waals surface area contributed by atoms with Crippen LogP contribution in [0.15, 0.2) is 12.5 Å². The highest BCUT2D eigenvalue weighted by Gasteiger charge is 1.87. The lowest BCUT2D eigenvalue weighted by molar-refractivity contribution is 0.935. The molecule has 1 rings (SSSR count). The highest BCUT2D eigenvalue weighted by Crippen LogP contribution is 1.88. The van der Waals surface area contributed by atoms with Crippen molar-refractivity contribution in [1.82, 2.24) is 9.97 Å². The van der Waals surface area contributed by atoms with Gasteiger partial charge in [0.1, 0.15) is 1.37 Å². The van der Waals surface area contributed by atoms with Crippen LogP contribution in [0.4, 0.5) is 0 Å². The summed E-state index contributed by atoms with van der Waals surface area (Å²) in [6.07, 6.45) is 0.803. The van der Waals surface area contributed by atoms with Gasteiger partial charge in [0.05, 0.1) is 13.4 Å². The molecule has 3 nitrogen and oxygen atoms in total. The summed E-state index contributed by atoms with van der Waals surface area (Å²) in [7, 11) is 0. The molecule has 1 aromatic heterocycles. The minimum atomic E-state index is 0.0356. The van der Waals surface area contributed by atoms with Crippen LogP contribution in [0, 0.1) is 0 Å². The van der Waals surface area contributed by atoms with Crippen molar-refractivity contribution in [2.45, 2.75) is 6.42 Å². The standard InChI is InChI=1S/C5H9N3/c6-2-1-5-3-7-4-8-5/h3-4H,1-2,6H2,(H,7,8)/i3T,4T. The molecule has 3 N–H and O–H groups in total. The largest absolute Gasteiger partial charge is 0.351 e. The monoisotopic (exact) mass is 115 g/mol. The van der Waals surface area contributed by atoms with E-state index in [0.29, 0.717) is 18.7 Å². The normalized spacial score (nSPS) is 13.1. The Kier molecular flexibility index (Phi) is 1.00. The second kappa shape index (κ2) is 2.47. The molecule has 3 heteroatoms. The van der Waals surface area contributed by atoms with Crippen LogP contribution in [0.25, 0.3) is 0 Å². The third-order valence-electron chi connectivity index (χ3n) is 0.835. The van der Waals surface area contributed by atoms with E-state index >= 15 is 0 Å². The van der Waals surface area contributed by atoms with Gasteiger partial charge in [-0.05, 0) is 6.54 Å². The lowest BCUT2D eigenvalue weighted by Gasteiger charge is -1.85. The molecule has 44 valence electrons. The van der Waals surface area contributed by atoms with Crippen molar-refractivity contribution < 1.29 is 2.74 Å². The second-order valence-corrected chi connectivity index (χ2v) is 1.46. The van der Waals surface area contributed by atoms with Crippen molar-refractivity contribution in [1.29, 1.82) is 0 Å². The lowest BCUT2D eigenvalue weighted by atomic mass is 10.3. The molecular formula is C5H9N3. The number of hydrogen-bond acceptors (Lipinski definition) is 2. The molecular weight excluding hydrogens is 102 g/mol. The molecule has 0 saturated carbocycles. The number of imidazole rings is 1. The van der Waals surface area contributed by atoms with Crippen molar-refractivity contribution in [2.24, 2.45) is 5.73 Å². The molecule has 0 radical (unpaired) electrons. The van der Waals surface area contributed by atoms with Crippen LogP contribution in [-0.4, -0.2) is 16.5 Å². The first kappa shape index (κ1) is 3.25. The fourth-order valence-electron chi connectivity index (χ4n) is 0.479. The van der Waals surface area contributed by atoms with Gasteiger partial charge in [0.25, 0.3) is 0 Å². The SMILES string of the molecule is [3H]c1nc(CCN)c([3H])[nH]1. The zero-order chi connectivity index (χ0) is 7.56. The summed E-state index contributed by atoms with van der Waals surface area (Å²) in [5.74, 6) is 0. The van der Waals surface area contributed by atoms with Crippen molar-refractivity contribution >= 4 is 0 Å². The quantitative estimate of drug-likeness (QED) is 0.566. The lowest BCUT2D eigenvalue weighted by Crippen LogP contribution is -2.02. The van der Waals surface area contributed by atoms with Gasteiger partial charge in [-0.1, -0.05) is 0 Å². The van der Waals surface area contributed by atoms with Crippen LogP contribution in [0.5, 0.6) is 0 Å². The molecule has 0 amide bonds. The molecule has 0 atom stereocenters. The molecule has 0 aliphatic carbocycles. The van der Waals surface area contributed by atoms with Crippen LogP contribution in [0.3, 0.4) is 0 Å². The van der Waals surface area contributed by atoms with E-state index < -0.39 is 0 Å². The van der Waals surface area contributed by atoms with Crippen molar-refractivity contribution in [3.8, 4) is 0 Å². The van der Waals surface area contributed by atoms with Crippen LogP contribution in [0.2, 0.25) is 0 Å². The zero-order valence-corrected chi connectivity index (χ0v) is 4.44. The number of nitrogens with two attached hydrogens (primary N) is 1. The molecule has 8 heavy (non-hydrogen) atoms. The minimum absolute atomic E-state index is 0.0356. The van der Waals surface area contributed by atoms with Crippen molar-refractivity contribution in [3.63, 3.8) is 0 Å². The molecule has 1 aromatic rings. The average Bonchev–Trinajstić information content (AvgIpc) is 2.13. The molecule has 0 aromatic carbocycles. The third-order valence-corrected chi connectivity index (χ3v) is 0.835. The Morgan fingerprint density at radius 3 is 3.38 bits per heavy atom. The maximum absolute atomic E-state index is 7.20. The molecule has 0 spiro atoms. The summed E-state index contributed by atoms with van der Waals surface area (Å²) >= 11 is 0. The Labute approximate surface area is 50.7 Å². The van der Waals surface area contributed by atoms with Crippen LogP contribution in [-0.2, 0) is 6.42 Å². The number of aromatic nitrogens is 2. The van der Waals surface area contributed by atoms with Gasteiger partial charge in [0.15, 0.2) is 0 Å². The predicted octanol–water partition coefficient (Wildman–Crippen LogP) is -0.0891. The number of nitrogens with one attached hydrogen (secondary N) is 1. The van der Waals surface area contributed by atoms with Crippen molar-refractivity contribution in [3.05, 3.63) is 18.2 Å². The fourth-order valence-corrected chi connectivity index (χ4v) is 0.479. The number of nitrogens with zero attached hydrogens (tertiary/aromatic N) is 1. The van der Waals surface area contributed by atoms with E-state index in [4.69, 9.17) is 8.48 Å². The maximum atomic E-state index is 7.20. The van der Waals surface area contributed by atoms with Gasteiger partial charge in [-0.15, -0.1) is 0 Å². The van der Waals surface area contributed by atoms with Gasteiger partial charge < -0.3 is 10.7 Å². The van der Waals surface area contributed by atoms with Gasteiger partial charge in [-0.2, -0.15) is 0 Å². The molecule has 0 saturated heterocycles. The van der Waals surface area contributed by atoms with E-state index in [-0.39, 0.29) is 12.5 Å². The predicted molar refractivity (Wildman–Crippen MR) is 31.3 cm³/mol. The molecule has 0 fully saturated rings. The highest BCUT2D eigenvalue weighted by atomic mass is 14.9. The van der Waals surface area contributed by atoms with Gasteiger partial charge in [0, 0.05) is 12.6 Å². The maximum Gasteiger partial charge on any atom is 0.104 e. The Bertz CT molecular complexity index is 221.